The average molecular weight is 181 g/mol. The summed E-state index contributed by atoms with van der Waals surface area (Å²) in [6.07, 6.45) is 3.16. The molecule has 0 aromatic heterocycles. The molecule has 0 saturated heterocycles. The van der Waals surface area contributed by atoms with Gasteiger partial charge in [-0.25, -0.2) is 0 Å². The van der Waals surface area contributed by atoms with Crippen molar-refractivity contribution < 1.29 is 4.55 Å². The van der Waals surface area contributed by atoms with Gasteiger partial charge in [0.15, 0.2) is 0 Å². The van der Waals surface area contributed by atoms with Crippen LogP contribution in [-0.4, -0.2) is 40.9 Å². The highest BCUT2D eigenvalue weighted by atomic mass is 32.2. The Morgan fingerprint density at radius 1 is 1.50 bits per heavy atom. The van der Waals surface area contributed by atoms with Gasteiger partial charge in [0.1, 0.15) is 0 Å². The van der Waals surface area contributed by atoms with Crippen molar-refractivity contribution in [3.63, 3.8) is 0 Å². The van der Waals surface area contributed by atoms with Gasteiger partial charge in [0.2, 0.25) is 0 Å². The Labute approximate surface area is 71.6 Å². The quantitative estimate of drug-likeness (QED) is 0.384. The van der Waals surface area contributed by atoms with Crippen LogP contribution >= 0.6 is 23.8 Å². The molecule has 0 aromatic carbocycles. The second kappa shape index (κ2) is 7.72. The first-order chi connectivity index (χ1) is 4.81. The van der Waals surface area contributed by atoms with E-state index in [-0.39, 0.29) is 0 Å². The molecule has 0 radical (unpaired) electrons. The maximum absolute atomic E-state index is 8.40. The van der Waals surface area contributed by atoms with Crippen LogP contribution in [0.2, 0.25) is 0 Å². The van der Waals surface area contributed by atoms with Crippen LogP contribution in [0.1, 0.15) is 6.42 Å². The fourth-order valence-corrected chi connectivity index (χ4v) is 1.51. The molecule has 10 heavy (non-hydrogen) atoms. The highest BCUT2D eigenvalue weighted by molar-refractivity contribution is 7.98. The number of rotatable bonds is 6. The van der Waals surface area contributed by atoms with Crippen LogP contribution in [-0.2, 0) is 0 Å². The molecule has 0 aliphatic heterocycles. The molecule has 0 spiro atoms. The normalized spacial score (nSPS) is 10.8. The average Bonchev–Trinajstić information content (AvgIpc) is 1.89. The minimum Gasteiger partial charge on any atom is -0.330 e. The van der Waals surface area contributed by atoms with Crippen LogP contribution in [0, 0.1) is 0 Å². The van der Waals surface area contributed by atoms with Crippen molar-refractivity contribution in [2.45, 2.75) is 6.42 Å². The second-order valence-electron chi connectivity index (χ2n) is 2.18. The van der Waals surface area contributed by atoms with Gasteiger partial charge in [0, 0.05) is 11.6 Å². The summed E-state index contributed by atoms with van der Waals surface area (Å²) in [6.45, 7) is 1.08. The fraction of sp³-hybridized carbons (Fsp3) is 1.00. The Bertz CT molecular complexity index is 72.8. The molecule has 0 unspecified atom stereocenters. The lowest BCUT2D eigenvalue weighted by Gasteiger charge is -2.13. The van der Waals surface area contributed by atoms with Crippen molar-refractivity contribution >= 4 is 23.8 Å². The van der Waals surface area contributed by atoms with Crippen LogP contribution < -0.4 is 0 Å². The van der Waals surface area contributed by atoms with Crippen LogP contribution in [0.15, 0.2) is 0 Å². The summed E-state index contributed by atoms with van der Waals surface area (Å²) in [6, 6.07) is 0. The molecule has 1 N–H and O–H groups in total. The Hall–Kier alpha value is 0.620. The number of nitrogens with zero attached hydrogens (tertiary/aromatic N) is 1. The topological polar surface area (TPSA) is 23.5 Å². The standard InChI is InChI=1S/C6H15NOS2/c1-7(6-9-2)4-3-5-10-8/h8H,3-6H2,1-2H3. The van der Waals surface area contributed by atoms with Crippen LogP contribution in [0.4, 0.5) is 0 Å². The van der Waals surface area contributed by atoms with Crippen molar-refractivity contribution in [1.29, 1.82) is 0 Å². The van der Waals surface area contributed by atoms with Gasteiger partial charge < -0.3 is 4.55 Å². The largest absolute Gasteiger partial charge is 0.330 e. The number of hydrogen-bond donors (Lipinski definition) is 1. The van der Waals surface area contributed by atoms with Crippen LogP contribution in [0.3, 0.4) is 0 Å². The lowest BCUT2D eigenvalue weighted by molar-refractivity contribution is 0.394. The van der Waals surface area contributed by atoms with E-state index in [1.165, 1.54) is 0 Å². The van der Waals surface area contributed by atoms with Gasteiger partial charge in [0.05, 0.1) is 0 Å². The molecule has 0 heterocycles. The summed E-state index contributed by atoms with van der Waals surface area (Å²) < 4.78 is 8.40. The van der Waals surface area contributed by atoms with Gasteiger partial charge in [0.25, 0.3) is 0 Å². The van der Waals surface area contributed by atoms with Gasteiger partial charge >= 0.3 is 0 Å². The van der Waals surface area contributed by atoms with E-state index in [0.717, 1.165) is 36.6 Å². The van der Waals surface area contributed by atoms with Crippen LogP contribution in [0.5, 0.6) is 0 Å². The van der Waals surface area contributed by atoms with E-state index >= 15 is 0 Å². The fourth-order valence-electron chi connectivity index (χ4n) is 0.684. The predicted molar refractivity (Wildman–Crippen MR) is 50.7 cm³/mol. The molecule has 0 fully saturated rings. The van der Waals surface area contributed by atoms with E-state index < -0.39 is 0 Å². The lowest BCUT2D eigenvalue weighted by Crippen LogP contribution is -2.19. The van der Waals surface area contributed by atoms with Gasteiger partial charge in [-0.1, -0.05) is 0 Å². The molecular formula is C6H15NOS2. The maximum atomic E-state index is 8.40. The Kier molecular flexibility index (Phi) is 8.20. The maximum Gasteiger partial charge on any atom is 0.0438 e. The lowest BCUT2D eigenvalue weighted by atomic mass is 10.5. The highest BCUT2D eigenvalue weighted by Crippen LogP contribution is 1.99. The summed E-state index contributed by atoms with van der Waals surface area (Å²) in [4.78, 5) is 2.25. The van der Waals surface area contributed by atoms with E-state index in [1.807, 2.05) is 11.8 Å². The van der Waals surface area contributed by atoms with Gasteiger partial charge in [-0.2, -0.15) is 0 Å². The molecule has 0 atom stereocenters. The minimum absolute atomic E-state index is 0.846. The predicted octanol–water partition coefficient (Wildman–Crippen LogP) is 1.83. The van der Waals surface area contributed by atoms with E-state index in [0.29, 0.717) is 0 Å². The first kappa shape index (κ1) is 10.6. The summed E-state index contributed by atoms with van der Waals surface area (Å²) >= 11 is 2.75. The van der Waals surface area contributed by atoms with Gasteiger partial charge in [-0.15, -0.1) is 11.8 Å². The molecule has 0 amide bonds. The summed E-state index contributed by atoms with van der Waals surface area (Å²) in [5.41, 5.74) is 0. The van der Waals surface area contributed by atoms with Crippen molar-refractivity contribution in [2.24, 2.45) is 0 Å². The van der Waals surface area contributed by atoms with Crippen LogP contribution in [0.25, 0.3) is 0 Å². The zero-order valence-corrected chi connectivity index (χ0v) is 8.17. The Balaban J connectivity index is 2.97. The van der Waals surface area contributed by atoms with Crippen molar-refractivity contribution in [3.8, 4) is 0 Å². The van der Waals surface area contributed by atoms with E-state index in [9.17, 15) is 0 Å². The zero-order valence-electron chi connectivity index (χ0n) is 6.54. The van der Waals surface area contributed by atoms with Gasteiger partial charge in [-0.05, 0) is 38.3 Å². The third kappa shape index (κ3) is 6.74. The third-order valence-corrected chi connectivity index (χ3v) is 2.30. The number of thioether (sulfide) groups is 1. The minimum atomic E-state index is 0.846. The molecule has 62 valence electrons. The summed E-state index contributed by atoms with van der Waals surface area (Å²) in [7, 11) is 2.10. The SMILES string of the molecule is CSCN(C)CCCSO. The van der Waals surface area contributed by atoms with Crippen molar-refractivity contribution in [1.82, 2.24) is 4.90 Å². The number of hydrogen-bond acceptors (Lipinski definition) is 4. The van der Waals surface area contributed by atoms with E-state index in [2.05, 4.69) is 18.2 Å². The molecule has 0 rings (SSSR count). The van der Waals surface area contributed by atoms with Gasteiger partial charge in [-0.3, -0.25) is 4.90 Å². The molecule has 0 aliphatic rings. The van der Waals surface area contributed by atoms with E-state index in [1.54, 1.807) is 0 Å². The molecule has 0 aliphatic carbocycles. The summed E-state index contributed by atoms with van der Waals surface area (Å²) in [5, 5.41) is 0. The first-order valence-electron chi connectivity index (χ1n) is 3.25. The smallest absolute Gasteiger partial charge is 0.0438 e. The van der Waals surface area contributed by atoms with Crippen molar-refractivity contribution in [3.05, 3.63) is 0 Å². The molecule has 0 aromatic rings. The molecule has 4 heteroatoms. The Morgan fingerprint density at radius 3 is 2.70 bits per heavy atom. The molecule has 0 saturated carbocycles. The zero-order chi connectivity index (χ0) is 7.82. The summed E-state index contributed by atoms with van der Waals surface area (Å²) in [5.74, 6) is 1.93. The van der Waals surface area contributed by atoms with Crippen molar-refractivity contribution in [2.75, 3.05) is 31.5 Å². The molecule has 0 bridgehead atoms. The monoisotopic (exact) mass is 181 g/mol. The highest BCUT2D eigenvalue weighted by Gasteiger charge is 1.94. The van der Waals surface area contributed by atoms with E-state index in [4.69, 9.17) is 4.55 Å². The Morgan fingerprint density at radius 2 is 2.20 bits per heavy atom. The first-order valence-corrected chi connectivity index (χ1v) is 5.58. The molecular weight excluding hydrogens is 166 g/mol. The molecule has 2 nitrogen and oxygen atoms in total. The second-order valence-corrected chi connectivity index (χ2v) is 3.69. The third-order valence-electron chi connectivity index (χ3n) is 1.12.